The molecule has 0 aromatic heterocycles. The van der Waals surface area contributed by atoms with Gasteiger partial charge in [-0.1, -0.05) is 23.2 Å². The maximum Gasteiger partial charge on any atom is 0.257 e. The molecular weight excluding hydrogens is 443 g/mol. The highest BCUT2D eigenvalue weighted by atomic mass is 35.5. The van der Waals surface area contributed by atoms with E-state index in [-0.39, 0.29) is 26.0 Å². The molecule has 5 nitrogen and oxygen atoms in total. The van der Waals surface area contributed by atoms with Gasteiger partial charge in [0.2, 0.25) is 0 Å². The molecule has 3 rings (SSSR count). The Morgan fingerprint density at radius 2 is 1.60 bits per heavy atom. The molecule has 1 fully saturated rings. The van der Waals surface area contributed by atoms with Crippen LogP contribution in [0.1, 0.15) is 12.8 Å². The fourth-order valence-electron chi connectivity index (χ4n) is 3.28. The van der Waals surface area contributed by atoms with E-state index in [1.54, 1.807) is 24.3 Å². The van der Waals surface area contributed by atoms with Crippen molar-refractivity contribution in [2.75, 3.05) is 39.4 Å². The second kappa shape index (κ2) is 13.0. The van der Waals surface area contributed by atoms with Crippen LogP contribution < -0.4 is 14.8 Å². The molecule has 1 saturated heterocycles. The Kier molecular flexibility index (Phi) is 10.6. The lowest BCUT2D eigenvalue weighted by Gasteiger charge is -2.16. The summed E-state index contributed by atoms with van der Waals surface area (Å²) in [7, 11) is 0. The number of nitrogens with one attached hydrogen (secondary N) is 1. The molecule has 1 aliphatic rings. The Labute approximate surface area is 195 Å². The van der Waals surface area contributed by atoms with Crippen LogP contribution in [0.4, 0.5) is 0 Å². The summed E-state index contributed by atoms with van der Waals surface area (Å²) >= 11 is 11.7. The monoisotopic (exact) mass is 470 g/mol. The van der Waals surface area contributed by atoms with Crippen LogP contribution in [0.2, 0.25) is 10.0 Å². The van der Waals surface area contributed by atoms with Gasteiger partial charge in [0.25, 0.3) is 5.91 Å². The summed E-state index contributed by atoms with van der Waals surface area (Å²) in [6.45, 7) is 4.43. The molecule has 164 valence electrons. The zero-order valence-corrected chi connectivity index (χ0v) is 19.3. The first-order valence-electron chi connectivity index (χ1n) is 9.84. The summed E-state index contributed by atoms with van der Waals surface area (Å²) in [5, 5.41) is 4.32. The molecule has 2 aromatic rings. The third-order valence-electron chi connectivity index (χ3n) is 4.84. The minimum absolute atomic E-state index is 0. The minimum atomic E-state index is -0.102. The van der Waals surface area contributed by atoms with Crippen LogP contribution in [0.5, 0.6) is 11.5 Å². The first-order chi connectivity index (χ1) is 14.1. The van der Waals surface area contributed by atoms with Crippen LogP contribution in [0.25, 0.3) is 0 Å². The van der Waals surface area contributed by atoms with Gasteiger partial charge in [-0.2, -0.15) is 13.5 Å². The molecule has 1 aliphatic heterocycles. The van der Waals surface area contributed by atoms with E-state index >= 15 is 0 Å². The summed E-state index contributed by atoms with van der Waals surface area (Å²) in [6.07, 6.45) is 2.06. The normalized spacial score (nSPS) is 16.0. The Bertz CT molecular complexity index is 775. The fraction of sp³-hybridized carbons (Fsp3) is 0.409. The number of likely N-dealkylation sites (tertiary alicyclic amines) is 1. The number of halogens is 2. The van der Waals surface area contributed by atoms with Gasteiger partial charge in [-0.15, -0.1) is 0 Å². The van der Waals surface area contributed by atoms with Crippen molar-refractivity contribution in [2.24, 2.45) is 5.92 Å². The van der Waals surface area contributed by atoms with Gasteiger partial charge >= 0.3 is 0 Å². The summed E-state index contributed by atoms with van der Waals surface area (Å²) in [5.74, 6) is 1.86. The summed E-state index contributed by atoms with van der Waals surface area (Å²) in [6, 6.07) is 14.4. The molecule has 0 radical (unpaired) electrons. The van der Waals surface area contributed by atoms with E-state index < -0.39 is 0 Å². The van der Waals surface area contributed by atoms with E-state index in [1.165, 1.54) is 0 Å². The lowest BCUT2D eigenvalue weighted by atomic mass is 10.1. The molecule has 0 aliphatic carbocycles. The Balaban J connectivity index is 0.00000320. The average Bonchev–Trinajstić information content (AvgIpc) is 3.18. The van der Waals surface area contributed by atoms with E-state index in [9.17, 15) is 4.79 Å². The van der Waals surface area contributed by atoms with Crippen LogP contribution >= 0.6 is 36.7 Å². The molecular formula is C22H28Cl2N2O3S. The van der Waals surface area contributed by atoms with Crippen LogP contribution in [0, 0.1) is 5.92 Å². The topological polar surface area (TPSA) is 50.8 Å². The van der Waals surface area contributed by atoms with Gasteiger partial charge in [0.15, 0.2) is 6.61 Å². The maximum absolute atomic E-state index is 12.0. The number of amides is 1. The van der Waals surface area contributed by atoms with Crippen molar-refractivity contribution in [3.8, 4) is 11.5 Å². The molecule has 1 heterocycles. The standard InChI is InChI=1S/C22H26Cl2N2O3.H2S/c23-18-2-6-20(7-3-18)28-13-1-11-26-12-10-17(15-26)14-25-22(27)16-29-21-8-4-19(24)5-9-21;/h2-9,17H,1,10-16H2,(H,25,27);1H2/t17-;/m0./s1. The largest absolute Gasteiger partial charge is 0.494 e. The van der Waals surface area contributed by atoms with Gasteiger partial charge in [-0.25, -0.2) is 0 Å². The highest BCUT2D eigenvalue weighted by Gasteiger charge is 2.22. The predicted octanol–water partition coefficient (Wildman–Crippen LogP) is 4.39. The number of rotatable bonds is 10. The van der Waals surface area contributed by atoms with Gasteiger partial charge in [0, 0.05) is 29.7 Å². The van der Waals surface area contributed by atoms with Crippen molar-refractivity contribution in [3.05, 3.63) is 58.6 Å². The Morgan fingerprint density at radius 3 is 2.23 bits per heavy atom. The van der Waals surface area contributed by atoms with Crippen molar-refractivity contribution in [1.29, 1.82) is 0 Å². The number of hydrogen-bond donors (Lipinski definition) is 1. The predicted molar refractivity (Wildman–Crippen MR) is 126 cm³/mol. The van der Waals surface area contributed by atoms with Gasteiger partial charge < -0.3 is 19.7 Å². The second-order valence-corrected chi connectivity index (χ2v) is 8.03. The van der Waals surface area contributed by atoms with Gasteiger partial charge in [-0.3, -0.25) is 4.79 Å². The number of nitrogens with zero attached hydrogens (tertiary/aromatic N) is 1. The van der Waals surface area contributed by atoms with Gasteiger partial charge in [0.05, 0.1) is 6.61 Å². The van der Waals surface area contributed by atoms with E-state index in [2.05, 4.69) is 10.2 Å². The van der Waals surface area contributed by atoms with E-state index in [1.807, 2.05) is 24.3 Å². The molecule has 0 unspecified atom stereocenters. The van der Waals surface area contributed by atoms with E-state index in [0.29, 0.717) is 34.9 Å². The minimum Gasteiger partial charge on any atom is -0.494 e. The van der Waals surface area contributed by atoms with Crippen LogP contribution in [-0.4, -0.2) is 50.2 Å². The fourth-order valence-corrected chi connectivity index (χ4v) is 3.53. The third-order valence-corrected chi connectivity index (χ3v) is 5.35. The number of hydrogen-bond acceptors (Lipinski definition) is 4. The first kappa shape index (κ1) is 24.7. The molecule has 8 heteroatoms. The number of carbonyl (C=O) groups excluding carboxylic acids is 1. The van der Waals surface area contributed by atoms with E-state index in [0.717, 1.165) is 38.2 Å². The Morgan fingerprint density at radius 1 is 1.00 bits per heavy atom. The molecule has 0 bridgehead atoms. The van der Waals surface area contributed by atoms with Crippen molar-refractivity contribution >= 4 is 42.6 Å². The number of benzene rings is 2. The third kappa shape index (κ3) is 8.64. The molecule has 2 aromatic carbocycles. The molecule has 1 atom stereocenters. The summed E-state index contributed by atoms with van der Waals surface area (Å²) in [5.41, 5.74) is 0. The van der Waals surface area contributed by atoms with Crippen molar-refractivity contribution < 1.29 is 14.3 Å². The van der Waals surface area contributed by atoms with Gasteiger partial charge in [-0.05, 0) is 73.8 Å². The lowest BCUT2D eigenvalue weighted by molar-refractivity contribution is -0.123. The van der Waals surface area contributed by atoms with E-state index in [4.69, 9.17) is 32.7 Å². The first-order valence-corrected chi connectivity index (χ1v) is 10.6. The number of ether oxygens (including phenoxy) is 2. The lowest BCUT2D eigenvalue weighted by Crippen LogP contribution is -2.34. The molecule has 1 amide bonds. The SMILES string of the molecule is O=C(COc1ccc(Cl)cc1)NC[C@@H]1CCN(CCCOc2ccc(Cl)cc2)C1.S. The molecule has 30 heavy (non-hydrogen) atoms. The van der Waals surface area contributed by atoms with Crippen molar-refractivity contribution in [3.63, 3.8) is 0 Å². The van der Waals surface area contributed by atoms with Gasteiger partial charge in [0.1, 0.15) is 11.5 Å². The van der Waals surface area contributed by atoms with Crippen molar-refractivity contribution in [1.82, 2.24) is 10.2 Å². The van der Waals surface area contributed by atoms with Crippen molar-refractivity contribution in [2.45, 2.75) is 12.8 Å². The molecule has 0 saturated carbocycles. The Hall–Kier alpha value is -1.60. The highest BCUT2D eigenvalue weighted by Crippen LogP contribution is 2.18. The molecule has 0 spiro atoms. The number of carbonyl (C=O) groups is 1. The highest BCUT2D eigenvalue weighted by molar-refractivity contribution is 7.59. The summed E-state index contributed by atoms with van der Waals surface area (Å²) in [4.78, 5) is 14.4. The zero-order valence-electron chi connectivity index (χ0n) is 16.8. The zero-order chi connectivity index (χ0) is 20.5. The quantitative estimate of drug-likeness (QED) is 0.523. The maximum atomic E-state index is 12.0. The smallest absolute Gasteiger partial charge is 0.257 e. The molecule has 1 N–H and O–H groups in total. The second-order valence-electron chi connectivity index (χ2n) is 7.16. The summed E-state index contributed by atoms with van der Waals surface area (Å²) < 4.78 is 11.2. The van der Waals surface area contributed by atoms with Crippen LogP contribution in [-0.2, 0) is 4.79 Å². The van der Waals surface area contributed by atoms with Crippen LogP contribution in [0.15, 0.2) is 48.5 Å². The van der Waals surface area contributed by atoms with Crippen LogP contribution in [0.3, 0.4) is 0 Å². The average molecular weight is 471 g/mol.